The molecule has 112 valence electrons. The Hall–Kier alpha value is -1.11. The summed E-state index contributed by atoms with van der Waals surface area (Å²) in [5.74, 6) is -0.601. The number of esters is 1. The molecule has 20 heavy (non-hydrogen) atoms. The minimum Gasteiger partial charge on any atom is -0.462 e. The lowest BCUT2D eigenvalue weighted by Crippen LogP contribution is -2.16. The Morgan fingerprint density at radius 3 is 2.45 bits per heavy atom. The third kappa shape index (κ3) is 5.11. The van der Waals surface area contributed by atoms with Gasteiger partial charge in [0.25, 0.3) is 0 Å². The molecule has 0 atom stereocenters. The van der Waals surface area contributed by atoms with Crippen molar-refractivity contribution in [2.24, 2.45) is 10.6 Å². The summed E-state index contributed by atoms with van der Waals surface area (Å²) in [7, 11) is -3.97. The summed E-state index contributed by atoms with van der Waals surface area (Å²) in [4.78, 5) is 11.5. The lowest BCUT2D eigenvalue weighted by atomic mass is 9.93. The molecule has 5 nitrogen and oxygen atoms in total. The van der Waals surface area contributed by atoms with E-state index in [4.69, 9.17) is 21.5 Å². The lowest BCUT2D eigenvalue weighted by molar-refractivity contribution is 0.0464. The largest absolute Gasteiger partial charge is 0.462 e. The van der Waals surface area contributed by atoms with Crippen molar-refractivity contribution < 1.29 is 17.9 Å². The Bertz CT molecular complexity index is 605. The maximum atomic E-state index is 11.8. The lowest BCUT2D eigenvalue weighted by Gasteiger charge is -2.17. The van der Waals surface area contributed by atoms with E-state index in [1.807, 2.05) is 20.8 Å². The first kappa shape index (κ1) is 16.9. The molecule has 0 unspecified atom stereocenters. The second kappa shape index (κ2) is 6.11. The summed E-state index contributed by atoms with van der Waals surface area (Å²) in [5, 5.41) is 4.99. The van der Waals surface area contributed by atoms with E-state index in [-0.39, 0.29) is 27.5 Å². The average molecular weight is 320 g/mol. The Kier molecular flexibility index (Phi) is 5.18. The number of hydrogen-bond donors (Lipinski definition) is 1. The molecule has 0 saturated heterocycles. The summed E-state index contributed by atoms with van der Waals surface area (Å²) in [6, 6.07) is 3.83. The van der Waals surface area contributed by atoms with Gasteiger partial charge in [-0.1, -0.05) is 32.4 Å². The summed E-state index contributed by atoms with van der Waals surface area (Å²) >= 11 is 5.74. The maximum absolute atomic E-state index is 11.8. The van der Waals surface area contributed by atoms with Crippen LogP contribution in [0.5, 0.6) is 0 Å². The van der Waals surface area contributed by atoms with Crippen molar-refractivity contribution in [3.05, 3.63) is 28.8 Å². The molecular weight excluding hydrogens is 302 g/mol. The molecule has 0 bridgehead atoms. The van der Waals surface area contributed by atoms with E-state index in [2.05, 4.69) is 0 Å². The van der Waals surface area contributed by atoms with E-state index in [9.17, 15) is 13.2 Å². The zero-order valence-electron chi connectivity index (χ0n) is 11.6. The average Bonchev–Trinajstić information content (AvgIpc) is 2.26. The van der Waals surface area contributed by atoms with Crippen LogP contribution in [-0.2, 0) is 14.8 Å². The van der Waals surface area contributed by atoms with Crippen LogP contribution in [0.2, 0.25) is 5.02 Å². The first-order chi connectivity index (χ1) is 9.00. The summed E-state index contributed by atoms with van der Waals surface area (Å²) in [6.45, 7) is 6.35. The van der Waals surface area contributed by atoms with E-state index >= 15 is 0 Å². The van der Waals surface area contributed by atoms with Crippen LogP contribution < -0.4 is 5.14 Å². The van der Waals surface area contributed by atoms with Crippen molar-refractivity contribution in [3.8, 4) is 0 Å². The Balaban J connectivity index is 2.85. The van der Waals surface area contributed by atoms with Gasteiger partial charge >= 0.3 is 5.97 Å². The Morgan fingerprint density at radius 1 is 1.35 bits per heavy atom. The van der Waals surface area contributed by atoms with Crippen molar-refractivity contribution >= 4 is 27.6 Å². The molecule has 0 aromatic heterocycles. The molecule has 0 aliphatic heterocycles. The molecule has 2 N–H and O–H groups in total. The molecule has 0 aliphatic carbocycles. The zero-order valence-corrected chi connectivity index (χ0v) is 13.2. The first-order valence-electron chi connectivity index (χ1n) is 6.00. The molecular formula is C13H18ClNO4S. The topological polar surface area (TPSA) is 86.5 Å². The fourth-order valence-electron chi connectivity index (χ4n) is 1.38. The van der Waals surface area contributed by atoms with Gasteiger partial charge in [0, 0.05) is 0 Å². The van der Waals surface area contributed by atoms with Crippen molar-refractivity contribution in [3.63, 3.8) is 0 Å². The number of ether oxygens (including phenoxy) is 1. The minimum atomic E-state index is -3.97. The van der Waals surface area contributed by atoms with Crippen molar-refractivity contribution in [2.45, 2.75) is 32.1 Å². The van der Waals surface area contributed by atoms with Crippen LogP contribution in [0.25, 0.3) is 0 Å². The second-order valence-corrected chi connectivity index (χ2v) is 7.57. The van der Waals surface area contributed by atoms with Gasteiger partial charge < -0.3 is 4.74 Å². The molecule has 0 aliphatic rings. The second-order valence-electron chi connectivity index (χ2n) is 5.64. The fraction of sp³-hybridized carbons (Fsp3) is 0.462. The number of carbonyl (C=O) groups is 1. The number of benzene rings is 1. The highest BCUT2D eigenvalue weighted by Gasteiger charge is 2.18. The van der Waals surface area contributed by atoms with Gasteiger partial charge in [-0.25, -0.2) is 18.4 Å². The molecule has 0 heterocycles. The van der Waals surface area contributed by atoms with Gasteiger partial charge in [-0.2, -0.15) is 0 Å². The SMILES string of the molecule is CC(C)(C)CCOC(=O)c1ccc(Cl)c(S(N)(=O)=O)c1. The number of carbonyl (C=O) groups excluding carboxylic acids is 1. The highest BCUT2D eigenvalue weighted by molar-refractivity contribution is 7.89. The Morgan fingerprint density at radius 2 is 1.95 bits per heavy atom. The van der Waals surface area contributed by atoms with Crippen LogP contribution in [0.15, 0.2) is 23.1 Å². The molecule has 1 rings (SSSR count). The predicted octanol–water partition coefficient (Wildman–Crippen LogP) is 2.58. The quantitative estimate of drug-likeness (QED) is 0.864. The number of rotatable bonds is 4. The van der Waals surface area contributed by atoms with Crippen molar-refractivity contribution in [2.75, 3.05) is 6.61 Å². The number of halogens is 1. The van der Waals surface area contributed by atoms with Gasteiger partial charge in [0.05, 0.1) is 17.2 Å². The third-order valence-corrected chi connectivity index (χ3v) is 3.95. The fourth-order valence-corrected chi connectivity index (χ4v) is 2.45. The van der Waals surface area contributed by atoms with E-state index in [1.165, 1.54) is 12.1 Å². The van der Waals surface area contributed by atoms with E-state index in [0.717, 1.165) is 6.07 Å². The van der Waals surface area contributed by atoms with Gasteiger partial charge in [0.15, 0.2) is 0 Å². The molecule has 1 aromatic carbocycles. The summed E-state index contributed by atoms with van der Waals surface area (Å²) in [5.41, 5.74) is 0.152. The molecule has 0 saturated carbocycles. The number of nitrogens with two attached hydrogens (primary N) is 1. The normalized spacial score (nSPS) is 12.2. The molecule has 0 radical (unpaired) electrons. The maximum Gasteiger partial charge on any atom is 0.338 e. The molecule has 0 spiro atoms. The smallest absolute Gasteiger partial charge is 0.338 e. The van der Waals surface area contributed by atoms with Crippen molar-refractivity contribution in [1.29, 1.82) is 0 Å². The number of sulfonamides is 1. The molecule has 0 amide bonds. The highest BCUT2D eigenvalue weighted by Crippen LogP contribution is 2.22. The monoisotopic (exact) mass is 319 g/mol. The zero-order chi connectivity index (χ0) is 15.6. The third-order valence-electron chi connectivity index (χ3n) is 2.56. The van der Waals surface area contributed by atoms with Crippen LogP contribution in [0.3, 0.4) is 0 Å². The van der Waals surface area contributed by atoms with Gasteiger partial charge in [0.1, 0.15) is 4.90 Å². The van der Waals surface area contributed by atoms with Crippen LogP contribution in [-0.4, -0.2) is 21.0 Å². The Labute approximate surface area is 124 Å². The molecule has 7 heteroatoms. The van der Waals surface area contributed by atoms with E-state index in [0.29, 0.717) is 6.42 Å². The van der Waals surface area contributed by atoms with Gasteiger partial charge in [-0.15, -0.1) is 0 Å². The highest BCUT2D eigenvalue weighted by atomic mass is 35.5. The van der Waals surface area contributed by atoms with E-state index in [1.54, 1.807) is 0 Å². The van der Waals surface area contributed by atoms with Gasteiger partial charge in [0.2, 0.25) is 10.0 Å². The minimum absolute atomic E-state index is 0.0289. The van der Waals surface area contributed by atoms with Crippen LogP contribution in [0.4, 0.5) is 0 Å². The van der Waals surface area contributed by atoms with Crippen molar-refractivity contribution in [1.82, 2.24) is 0 Å². The first-order valence-corrected chi connectivity index (χ1v) is 7.92. The number of hydrogen-bond acceptors (Lipinski definition) is 4. The summed E-state index contributed by atoms with van der Waals surface area (Å²) < 4.78 is 27.7. The van der Waals surface area contributed by atoms with E-state index < -0.39 is 16.0 Å². The number of primary sulfonamides is 1. The molecule has 1 aromatic rings. The molecule has 0 fully saturated rings. The van der Waals surface area contributed by atoms with Crippen LogP contribution in [0, 0.1) is 5.41 Å². The standard InChI is InChI=1S/C13H18ClNO4S/c1-13(2,3)6-7-19-12(16)9-4-5-10(14)11(8-9)20(15,17)18/h4-5,8H,6-7H2,1-3H3,(H2,15,17,18). The van der Waals surface area contributed by atoms with Crippen LogP contribution >= 0.6 is 11.6 Å². The predicted molar refractivity (Wildman–Crippen MR) is 77.2 cm³/mol. The van der Waals surface area contributed by atoms with Gasteiger partial charge in [-0.3, -0.25) is 0 Å². The van der Waals surface area contributed by atoms with Gasteiger partial charge in [-0.05, 0) is 30.0 Å². The summed E-state index contributed by atoms with van der Waals surface area (Å²) in [6.07, 6.45) is 0.703. The van der Waals surface area contributed by atoms with Crippen LogP contribution in [0.1, 0.15) is 37.6 Å².